The second-order valence-electron chi connectivity index (χ2n) is 5.43. The molecule has 0 aromatic heterocycles. The van der Waals surface area contributed by atoms with E-state index in [2.05, 4.69) is 0 Å². The summed E-state index contributed by atoms with van der Waals surface area (Å²) >= 11 is 1.29. The maximum atomic E-state index is 12.2. The van der Waals surface area contributed by atoms with Gasteiger partial charge in [0.15, 0.2) is 0 Å². The molecule has 0 aliphatic carbocycles. The molecule has 7 heteroatoms. The van der Waals surface area contributed by atoms with Crippen molar-refractivity contribution < 1.29 is 19.6 Å². The molecule has 0 spiro atoms. The van der Waals surface area contributed by atoms with Crippen LogP contribution in [0.25, 0.3) is 0 Å². The lowest BCUT2D eigenvalue weighted by atomic mass is 10.1. The summed E-state index contributed by atoms with van der Waals surface area (Å²) in [5, 5.41) is 20.9. The van der Waals surface area contributed by atoms with Gasteiger partial charge in [0, 0.05) is 21.9 Å². The van der Waals surface area contributed by atoms with Gasteiger partial charge in [-0.1, -0.05) is 31.2 Å². The summed E-state index contributed by atoms with van der Waals surface area (Å²) in [6.07, 6.45) is 1.66. The van der Waals surface area contributed by atoms with Gasteiger partial charge in [-0.3, -0.25) is 10.1 Å². The molecule has 6 nitrogen and oxygen atoms in total. The molecule has 0 amide bonds. The lowest BCUT2D eigenvalue weighted by Crippen LogP contribution is -2.09. The van der Waals surface area contributed by atoms with E-state index in [1.165, 1.54) is 30.0 Å². The number of ether oxygens (including phenoxy) is 1. The lowest BCUT2D eigenvalue weighted by molar-refractivity contribution is -0.385. The molecular formula is C18H19NO5S. The Bertz CT molecular complexity index is 791. The second-order valence-corrected chi connectivity index (χ2v) is 6.54. The highest BCUT2D eigenvalue weighted by Crippen LogP contribution is 2.36. The van der Waals surface area contributed by atoms with E-state index in [-0.39, 0.29) is 17.0 Å². The Balaban J connectivity index is 2.28. The SMILES string of the molecule is CCCCOC(=O)c1c(O)ccc(Sc2cccc([N+](=O)[O-])c2)c1C. The summed E-state index contributed by atoms with van der Waals surface area (Å²) in [4.78, 5) is 24.1. The average Bonchev–Trinajstić information content (AvgIpc) is 2.58. The van der Waals surface area contributed by atoms with Crippen LogP contribution in [0.3, 0.4) is 0 Å². The Morgan fingerprint density at radius 1 is 1.32 bits per heavy atom. The average molecular weight is 361 g/mol. The van der Waals surface area contributed by atoms with E-state index in [9.17, 15) is 20.0 Å². The van der Waals surface area contributed by atoms with E-state index in [0.717, 1.165) is 17.7 Å². The summed E-state index contributed by atoms with van der Waals surface area (Å²) in [6, 6.07) is 9.36. The van der Waals surface area contributed by atoms with Crippen LogP contribution in [-0.4, -0.2) is 22.6 Å². The van der Waals surface area contributed by atoms with Gasteiger partial charge in [-0.15, -0.1) is 0 Å². The molecule has 0 aliphatic heterocycles. The van der Waals surface area contributed by atoms with Gasteiger partial charge in [0.1, 0.15) is 11.3 Å². The summed E-state index contributed by atoms with van der Waals surface area (Å²) in [5.41, 5.74) is 0.713. The van der Waals surface area contributed by atoms with Crippen LogP contribution in [-0.2, 0) is 4.74 Å². The van der Waals surface area contributed by atoms with Crippen LogP contribution in [0.1, 0.15) is 35.7 Å². The zero-order chi connectivity index (χ0) is 18.4. The van der Waals surface area contributed by atoms with E-state index >= 15 is 0 Å². The number of rotatable bonds is 7. The van der Waals surface area contributed by atoms with Crippen molar-refractivity contribution in [2.24, 2.45) is 0 Å². The molecule has 0 radical (unpaired) electrons. The Morgan fingerprint density at radius 3 is 2.76 bits per heavy atom. The summed E-state index contributed by atoms with van der Waals surface area (Å²) in [5.74, 6) is -0.702. The minimum absolute atomic E-state index is 0.000584. The van der Waals surface area contributed by atoms with Crippen LogP contribution >= 0.6 is 11.8 Å². The Hall–Kier alpha value is -2.54. The number of nitrogens with zero attached hydrogens (tertiary/aromatic N) is 1. The quantitative estimate of drug-likeness (QED) is 0.332. The molecule has 0 saturated carbocycles. The minimum Gasteiger partial charge on any atom is -0.507 e. The molecule has 0 fully saturated rings. The Morgan fingerprint density at radius 2 is 2.08 bits per heavy atom. The number of phenolic OH excluding ortho intramolecular Hbond substituents is 1. The topological polar surface area (TPSA) is 89.7 Å². The fraction of sp³-hybridized carbons (Fsp3) is 0.278. The molecular weight excluding hydrogens is 342 g/mol. The number of hydrogen-bond acceptors (Lipinski definition) is 6. The minimum atomic E-state index is -0.565. The first-order valence-electron chi connectivity index (χ1n) is 7.86. The number of nitro benzene ring substituents is 1. The van der Waals surface area contributed by atoms with Crippen molar-refractivity contribution in [3.63, 3.8) is 0 Å². The summed E-state index contributed by atoms with van der Waals surface area (Å²) in [7, 11) is 0. The van der Waals surface area contributed by atoms with E-state index in [4.69, 9.17) is 4.74 Å². The second kappa shape index (κ2) is 8.53. The van der Waals surface area contributed by atoms with E-state index in [1.807, 2.05) is 6.92 Å². The molecule has 2 rings (SSSR count). The molecule has 2 aromatic carbocycles. The largest absolute Gasteiger partial charge is 0.507 e. The van der Waals surface area contributed by atoms with Crippen molar-refractivity contribution in [2.45, 2.75) is 36.5 Å². The number of phenols is 1. The van der Waals surface area contributed by atoms with Gasteiger partial charge in [0.2, 0.25) is 0 Å². The van der Waals surface area contributed by atoms with Gasteiger partial charge < -0.3 is 9.84 Å². The van der Waals surface area contributed by atoms with Gasteiger partial charge in [-0.25, -0.2) is 4.79 Å². The normalized spacial score (nSPS) is 10.5. The van der Waals surface area contributed by atoms with Crippen molar-refractivity contribution in [3.8, 4) is 5.75 Å². The lowest BCUT2D eigenvalue weighted by Gasteiger charge is -2.12. The highest BCUT2D eigenvalue weighted by molar-refractivity contribution is 7.99. The van der Waals surface area contributed by atoms with Gasteiger partial charge in [0.05, 0.1) is 11.5 Å². The Labute approximate surface area is 150 Å². The number of aromatic hydroxyl groups is 1. The van der Waals surface area contributed by atoms with Crippen LogP contribution in [0.4, 0.5) is 5.69 Å². The van der Waals surface area contributed by atoms with Crippen LogP contribution in [0.15, 0.2) is 46.2 Å². The predicted octanol–water partition coefficient (Wildman–Crippen LogP) is 4.72. The van der Waals surface area contributed by atoms with Crippen LogP contribution in [0.5, 0.6) is 5.75 Å². The standard InChI is InChI=1S/C18H19NO5S/c1-3-4-10-24-18(21)17-12(2)16(9-8-15(17)20)25-14-7-5-6-13(11-14)19(22)23/h5-9,11,20H,3-4,10H2,1-2H3. The monoisotopic (exact) mass is 361 g/mol. The molecule has 0 atom stereocenters. The number of hydrogen-bond donors (Lipinski definition) is 1. The predicted molar refractivity (Wildman–Crippen MR) is 95.3 cm³/mol. The van der Waals surface area contributed by atoms with Crippen molar-refractivity contribution in [2.75, 3.05) is 6.61 Å². The number of carbonyl (C=O) groups is 1. The molecule has 25 heavy (non-hydrogen) atoms. The van der Waals surface area contributed by atoms with Crippen molar-refractivity contribution in [3.05, 3.63) is 57.6 Å². The number of esters is 1. The Kier molecular flexibility index (Phi) is 6.41. The number of non-ortho nitro benzene ring substituents is 1. The number of benzene rings is 2. The molecule has 0 bridgehead atoms. The van der Waals surface area contributed by atoms with E-state index < -0.39 is 10.9 Å². The summed E-state index contributed by atoms with van der Waals surface area (Å²) in [6.45, 7) is 4.01. The van der Waals surface area contributed by atoms with Crippen LogP contribution in [0, 0.1) is 17.0 Å². The van der Waals surface area contributed by atoms with Crippen molar-refractivity contribution in [1.82, 2.24) is 0 Å². The first-order chi connectivity index (χ1) is 11.9. The first kappa shape index (κ1) is 18.8. The fourth-order valence-electron chi connectivity index (χ4n) is 2.22. The fourth-order valence-corrected chi connectivity index (χ4v) is 3.19. The molecule has 0 aliphatic rings. The number of nitro groups is 1. The first-order valence-corrected chi connectivity index (χ1v) is 8.67. The van der Waals surface area contributed by atoms with Crippen molar-refractivity contribution in [1.29, 1.82) is 0 Å². The highest BCUT2D eigenvalue weighted by atomic mass is 32.2. The molecule has 0 saturated heterocycles. The third kappa shape index (κ3) is 4.73. The maximum Gasteiger partial charge on any atom is 0.342 e. The van der Waals surface area contributed by atoms with E-state index in [0.29, 0.717) is 17.1 Å². The smallest absolute Gasteiger partial charge is 0.342 e. The molecule has 1 N–H and O–H groups in total. The highest BCUT2D eigenvalue weighted by Gasteiger charge is 2.19. The maximum absolute atomic E-state index is 12.2. The van der Waals surface area contributed by atoms with Crippen LogP contribution < -0.4 is 0 Å². The number of unbranched alkanes of at least 4 members (excludes halogenated alkanes) is 1. The molecule has 132 valence electrons. The molecule has 0 unspecified atom stereocenters. The zero-order valence-corrected chi connectivity index (χ0v) is 14.8. The van der Waals surface area contributed by atoms with Crippen molar-refractivity contribution >= 4 is 23.4 Å². The van der Waals surface area contributed by atoms with Gasteiger partial charge in [0.25, 0.3) is 5.69 Å². The number of carbonyl (C=O) groups excluding carboxylic acids is 1. The van der Waals surface area contributed by atoms with E-state index in [1.54, 1.807) is 25.1 Å². The van der Waals surface area contributed by atoms with Gasteiger partial charge in [-0.05, 0) is 37.1 Å². The summed E-state index contributed by atoms with van der Waals surface area (Å²) < 4.78 is 5.19. The zero-order valence-electron chi connectivity index (χ0n) is 14.0. The van der Waals surface area contributed by atoms with Crippen LogP contribution in [0.2, 0.25) is 0 Å². The van der Waals surface area contributed by atoms with Gasteiger partial charge in [-0.2, -0.15) is 0 Å². The third-order valence-corrected chi connectivity index (χ3v) is 4.74. The third-order valence-electron chi connectivity index (χ3n) is 3.58. The van der Waals surface area contributed by atoms with Gasteiger partial charge >= 0.3 is 5.97 Å². The molecule has 2 aromatic rings. The molecule has 0 heterocycles.